The van der Waals surface area contributed by atoms with Crippen molar-refractivity contribution in [2.45, 2.75) is 147 Å². The maximum Gasteiger partial charge on any atom is 0.199 e. The van der Waals surface area contributed by atoms with Gasteiger partial charge in [0, 0.05) is 19.6 Å². The summed E-state index contributed by atoms with van der Waals surface area (Å²) in [6.45, 7) is 10.3. The van der Waals surface area contributed by atoms with Crippen molar-refractivity contribution in [2.75, 3.05) is 19.8 Å². The number of hydrogen-bond donors (Lipinski definition) is 2. The molecule has 3 aliphatic heterocycles. The third kappa shape index (κ3) is 7.86. The summed E-state index contributed by atoms with van der Waals surface area (Å²) in [5.41, 5.74) is 0. The Labute approximate surface area is 201 Å². The van der Waals surface area contributed by atoms with E-state index in [1.165, 1.54) is 38.5 Å². The Hall–Kier alpha value is -0.280. The predicted molar refractivity (Wildman–Crippen MR) is 128 cm³/mol. The van der Waals surface area contributed by atoms with Crippen LogP contribution in [0.15, 0.2) is 0 Å². The van der Waals surface area contributed by atoms with Crippen molar-refractivity contribution in [2.24, 2.45) is 0 Å². The molecule has 3 rings (SSSR count). The lowest BCUT2D eigenvalue weighted by Crippen LogP contribution is -2.52. The average Bonchev–Trinajstić information content (AvgIpc) is 3.25. The molecule has 33 heavy (non-hydrogen) atoms. The van der Waals surface area contributed by atoms with Crippen molar-refractivity contribution >= 4 is 0 Å². The molecular weight excluding hydrogens is 422 g/mol. The average molecular weight is 472 g/mol. The number of ether oxygens (including phenoxy) is 5. The van der Waals surface area contributed by atoms with E-state index in [0.717, 1.165) is 45.3 Å². The number of rotatable bonds is 15. The van der Waals surface area contributed by atoms with Gasteiger partial charge in [0.05, 0.1) is 6.10 Å². The van der Waals surface area contributed by atoms with Gasteiger partial charge in [-0.15, -0.1) is 0 Å². The second kappa shape index (κ2) is 13.1. The second-order valence-electron chi connectivity index (χ2n) is 10.5. The molecule has 0 spiro atoms. The van der Waals surface area contributed by atoms with Crippen molar-refractivity contribution in [1.82, 2.24) is 5.32 Å². The molecule has 194 valence electrons. The molecule has 0 amide bonds. The van der Waals surface area contributed by atoms with Crippen LogP contribution in [0.5, 0.6) is 0 Å². The fraction of sp³-hybridized carbons (Fsp3) is 1.00. The molecule has 0 aromatic carbocycles. The van der Waals surface area contributed by atoms with Gasteiger partial charge >= 0.3 is 0 Å². The lowest BCUT2D eigenvalue weighted by Gasteiger charge is -2.39. The molecule has 0 aromatic rings. The summed E-state index contributed by atoms with van der Waals surface area (Å²) in [5.74, 6) is -1.67. The molecule has 2 N–H and O–H groups in total. The molecule has 3 saturated heterocycles. The highest BCUT2D eigenvalue weighted by atomic mass is 16.8. The minimum absolute atomic E-state index is 0.0758. The van der Waals surface area contributed by atoms with E-state index < -0.39 is 23.8 Å². The van der Waals surface area contributed by atoms with Gasteiger partial charge in [-0.2, -0.15) is 0 Å². The van der Waals surface area contributed by atoms with Gasteiger partial charge in [-0.1, -0.05) is 45.4 Å². The van der Waals surface area contributed by atoms with Crippen LogP contribution < -0.4 is 5.32 Å². The Morgan fingerprint density at radius 1 is 0.970 bits per heavy atom. The van der Waals surface area contributed by atoms with Crippen LogP contribution >= 0.6 is 0 Å². The van der Waals surface area contributed by atoms with Crippen molar-refractivity contribution < 1.29 is 28.8 Å². The van der Waals surface area contributed by atoms with Crippen molar-refractivity contribution in [3.8, 4) is 0 Å². The molecule has 0 aliphatic carbocycles. The Morgan fingerprint density at radius 3 is 2.39 bits per heavy atom. The largest absolute Gasteiger partial charge is 0.391 e. The SMILES string of the molecule is CCCCCCCCCOCCC[C@]1(OC2CCCCN2)O[C@H]([C@@H](C)O)[C@@H]2OC(C)(C)O[C@@H]21. The minimum Gasteiger partial charge on any atom is -0.391 e. The molecule has 0 aromatic heterocycles. The number of aliphatic hydroxyl groups excluding tert-OH is 1. The maximum atomic E-state index is 10.4. The van der Waals surface area contributed by atoms with Crippen LogP contribution in [-0.4, -0.2) is 67.1 Å². The standard InChI is InChI=1S/C26H49NO6/c1-5-6-7-8-9-10-13-18-29-19-14-16-26(30-21-15-11-12-17-27-21)24-23(22(32-26)20(2)28)31-25(3,4)33-24/h20-24,27-28H,5-19H2,1-4H3/t20-,21?,22-,23+,24+,26+/m1/s1. The van der Waals surface area contributed by atoms with Crippen LogP contribution in [0.25, 0.3) is 0 Å². The normalized spacial score (nSPS) is 34.5. The molecule has 3 fully saturated rings. The number of aliphatic hydroxyl groups is 1. The van der Waals surface area contributed by atoms with E-state index in [1.807, 2.05) is 13.8 Å². The molecular formula is C26H49NO6. The molecule has 0 saturated carbocycles. The fourth-order valence-corrected chi connectivity index (χ4v) is 5.31. The van der Waals surface area contributed by atoms with Gasteiger partial charge in [-0.3, -0.25) is 5.32 Å². The number of piperidine rings is 1. The van der Waals surface area contributed by atoms with Gasteiger partial charge in [0.2, 0.25) is 0 Å². The number of fused-ring (bicyclic) bond motifs is 1. The van der Waals surface area contributed by atoms with Gasteiger partial charge < -0.3 is 28.8 Å². The molecule has 0 radical (unpaired) electrons. The third-order valence-corrected chi connectivity index (χ3v) is 7.01. The predicted octanol–water partition coefficient (Wildman–Crippen LogP) is 4.65. The van der Waals surface area contributed by atoms with Gasteiger partial charge in [0.15, 0.2) is 11.6 Å². The molecule has 3 aliphatic rings. The summed E-state index contributed by atoms with van der Waals surface area (Å²) < 4.78 is 31.5. The second-order valence-corrected chi connectivity index (χ2v) is 10.5. The topological polar surface area (TPSA) is 78.4 Å². The monoisotopic (exact) mass is 471 g/mol. The van der Waals surface area contributed by atoms with E-state index in [9.17, 15) is 5.11 Å². The number of nitrogens with one attached hydrogen (secondary N) is 1. The lowest BCUT2D eigenvalue weighted by atomic mass is 9.99. The van der Waals surface area contributed by atoms with Crippen LogP contribution in [0.1, 0.15) is 105 Å². The van der Waals surface area contributed by atoms with E-state index in [0.29, 0.717) is 13.0 Å². The van der Waals surface area contributed by atoms with Crippen molar-refractivity contribution in [3.05, 3.63) is 0 Å². The van der Waals surface area contributed by atoms with Gasteiger partial charge in [0.1, 0.15) is 24.5 Å². The molecule has 7 heteroatoms. The van der Waals surface area contributed by atoms with E-state index in [-0.39, 0.29) is 18.4 Å². The first-order valence-electron chi connectivity index (χ1n) is 13.6. The Bertz CT molecular complexity index is 553. The third-order valence-electron chi connectivity index (χ3n) is 7.01. The summed E-state index contributed by atoms with van der Waals surface area (Å²) in [4.78, 5) is 0. The Morgan fingerprint density at radius 2 is 1.70 bits per heavy atom. The molecule has 3 heterocycles. The summed E-state index contributed by atoms with van der Waals surface area (Å²) >= 11 is 0. The van der Waals surface area contributed by atoms with Gasteiger partial charge in [0.25, 0.3) is 0 Å². The summed E-state index contributed by atoms with van der Waals surface area (Å²) in [5, 5.41) is 13.9. The first-order valence-corrected chi connectivity index (χ1v) is 13.6. The van der Waals surface area contributed by atoms with E-state index in [1.54, 1.807) is 6.92 Å². The highest BCUT2D eigenvalue weighted by Gasteiger charge is 2.64. The van der Waals surface area contributed by atoms with Crippen LogP contribution in [0, 0.1) is 0 Å². The van der Waals surface area contributed by atoms with Crippen LogP contribution in [0.2, 0.25) is 0 Å². The van der Waals surface area contributed by atoms with E-state index in [2.05, 4.69) is 12.2 Å². The van der Waals surface area contributed by atoms with Crippen molar-refractivity contribution in [3.63, 3.8) is 0 Å². The smallest absolute Gasteiger partial charge is 0.199 e. The van der Waals surface area contributed by atoms with Gasteiger partial charge in [-0.05, 0) is 59.4 Å². The van der Waals surface area contributed by atoms with Crippen molar-refractivity contribution in [1.29, 1.82) is 0 Å². The minimum atomic E-state index is -0.947. The Kier molecular flexibility index (Phi) is 10.9. The van der Waals surface area contributed by atoms with Gasteiger partial charge in [-0.25, -0.2) is 0 Å². The number of hydrogen-bond acceptors (Lipinski definition) is 7. The van der Waals surface area contributed by atoms with Crippen LogP contribution in [0.4, 0.5) is 0 Å². The zero-order valence-corrected chi connectivity index (χ0v) is 21.5. The highest BCUT2D eigenvalue weighted by molar-refractivity contribution is 5.04. The van der Waals surface area contributed by atoms with E-state index in [4.69, 9.17) is 23.7 Å². The highest BCUT2D eigenvalue weighted by Crippen LogP contribution is 2.48. The summed E-state index contributed by atoms with van der Waals surface area (Å²) in [6.07, 6.45) is 11.7. The van der Waals surface area contributed by atoms with E-state index >= 15 is 0 Å². The zero-order chi connectivity index (χ0) is 23.7. The van der Waals surface area contributed by atoms with Crippen LogP contribution in [-0.2, 0) is 23.7 Å². The molecule has 0 bridgehead atoms. The Balaban J connectivity index is 1.51. The molecule has 6 atom stereocenters. The summed E-state index contributed by atoms with van der Waals surface area (Å²) in [6, 6.07) is 0. The zero-order valence-electron chi connectivity index (χ0n) is 21.5. The first kappa shape index (κ1) is 27.3. The number of unbranched alkanes of at least 4 members (excludes halogenated alkanes) is 6. The fourth-order valence-electron chi connectivity index (χ4n) is 5.31. The summed E-state index contributed by atoms with van der Waals surface area (Å²) in [7, 11) is 0. The van der Waals surface area contributed by atoms with Crippen LogP contribution in [0.3, 0.4) is 0 Å². The first-order chi connectivity index (χ1) is 15.9. The maximum absolute atomic E-state index is 10.4. The molecule has 1 unspecified atom stereocenters. The lowest BCUT2D eigenvalue weighted by molar-refractivity contribution is -0.320. The molecule has 7 nitrogen and oxygen atoms in total. The quantitative estimate of drug-likeness (QED) is 0.337.